The Balaban J connectivity index is 2.57. The van der Waals surface area contributed by atoms with Gasteiger partial charge in [0.25, 0.3) is 0 Å². The smallest absolute Gasteiger partial charge is 0.350 e. The van der Waals surface area contributed by atoms with E-state index in [1.807, 2.05) is 13.8 Å². The van der Waals surface area contributed by atoms with Crippen LogP contribution in [-0.4, -0.2) is 17.1 Å². The number of hydrogen-bond donors (Lipinski definition) is 0. The molecule has 0 aliphatic rings. The average Bonchev–Trinajstić information content (AvgIpc) is 2.35. The first kappa shape index (κ1) is 8.20. The molecule has 0 aliphatic carbocycles. The van der Waals surface area contributed by atoms with Crippen molar-refractivity contribution in [3.8, 4) is 0 Å². The number of nitrogens with zero attached hydrogens (tertiary/aromatic N) is 1. The lowest BCUT2D eigenvalue weighted by Crippen LogP contribution is -2.09. The van der Waals surface area contributed by atoms with Crippen LogP contribution in [-0.2, 0) is 4.74 Å². The van der Waals surface area contributed by atoms with E-state index in [0.717, 1.165) is 0 Å². The number of hydrogen-bond acceptors (Lipinski definition) is 4. The summed E-state index contributed by atoms with van der Waals surface area (Å²) >= 11 is 1.29. The normalized spacial score (nSPS) is 10.1. The number of rotatable bonds is 2. The Kier molecular flexibility index (Phi) is 2.59. The Hall–Kier alpha value is -0.900. The molecule has 0 aromatic carbocycles. The Morgan fingerprint density at radius 3 is 2.91 bits per heavy atom. The fraction of sp³-hybridized carbons (Fsp3) is 0.429. The lowest BCUT2D eigenvalue weighted by atomic mass is 10.5. The summed E-state index contributed by atoms with van der Waals surface area (Å²) in [6.07, 6.45) is 1.44. The topological polar surface area (TPSA) is 39.2 Å². The van der Waals surface area contributed by atoms with Gasteiger partial charge >= 0.3 is 5.97 Å². The molecule has 0 amide bonds. The molecule has 11 heavy (non-hydrogen) atoms. The highest BCUT2D eigenvalue weighted by Crippen LogP contribution is 2.08. The van der Waals surface area contributed by atoms with Crippen LogP contribution < -0.4 is 0 Å². The number of esters is 1. The van der Waals surface area contributed by atoms with Crippen LogP contribution in [0.1, 0.15) is 23.5 Å². The van der Waals surface area contributed by atoms with E-state index in [9.17, 15) is 4.79 Å². The zero-order valence-electron chi connectivity index (χ0n) is 6.40. The molecule has 1 aromatic heterocycles. The standard InChI is InChI=1S/C7H9NO2S/c1-5(2)10-7(9)6-3-8-4-11-6/h3-5H,1-2H3. The van der Waals surface area contributed by atoms with Gasteiger partial charge in [0.2, 0.25) is 0 Å². The van der Waals surface area contributed by atoms with Gasteiger partial charge in [0.1, 0.15) is 4.88 Å². The summed E-state index contributed by atoms with van der Waals surface area (Å²) in [6.45, 7) is 3.64. The summed E-state index contributed by atoms with van der Waals surface area (Å²) < 4.78 is 4.93. The molecule has 4 heteroatoms. The predicted molar refractivity (Wildman–Crippen MR) is 42.7 cm³/mol. The van der Waals surface area contributed by atoms with E-state index in [1.54, 1.807) is 5.51 Å². The van der Waals surface area contributed by atoms with Crippen LogP contribution in [0.3, 0.4) is 0 Å². The number of carbonyl (C=O) groups is 1. The first-order chi connectivity index (χ1) is 5.20. The van der Waals surface area contributed by atoms with Crippen molar-refractivity contribution in [1.82, 2.24) is 4.98 Å². The fourth-order valence-corrected chi connectivity index (χ4v) is 1.09. The van der Waals surface area contributed by atoms with Gasteiger partial charge in [-0.1, -0.05) is 0 Å². The number of carbonyl (C=O) groups excluding carboxylic acids is 1. The second kappa shape index (κ2) is 3.48. The average molecular weight is 171 g/mol. The molecule has 1 rings (SSSR count). The van der Waals surface area contributed by atoms with Crippen molar-refractivity contribution in [3.05, 3.63) is 16.6 Å². The fourth-order valence-electron chi connectivity index (χ4n) is 0.589. The van der Waals surface area contributed by atoms with Gasteiger partial charge in [-0.25, -0.2) is 4.79 Å². The molecule has 0 spiro atoms. The first-order valence-electron chi connectivity index (χ1n) is 3.29. The van der Waals surface area contributed by atoms with Gasteiger partial charge < -0.3 is 4.74 Å². The molecule has 3 nitrogen and oxygen atoms in total. The molecule has 0 radical (unpaired) electrons. The van der Waals surface area contributed by atoms with E-state index in [2.05, 4.69) is 4.98 Å². The van der Waals surface area contributed by atoms with Gasteiger partial charge in [0.05, 0.1) is 17.8 Å². The Morgan fingerprint density at radius 2 is 2.45 bits per heavy atom. The van der Waals surface area contributed by atoms with Crippen molar-refractivity contribution in [3.63, 3.8) is 0 Å². The van der Waals surface area contributed by atoms with E-state index in [1.165, 1.54) is 17.5 Å². The van der Waals surface area contributed by atoms with E-state index in [-0.39, 0.29) is 12.1 Å². The predicted octanol–water partition coefficient (Wildman–Crippen LogP) is 1.71. The van der Waals surface area contributed by atoms with Crippen LogP contribution >= 0.6 is 11.3 Å². The van der Waals surface area contributed by atoms with Gasteiger partial charge in [-0.3, -0.25) is 4.98 Å². The highest BCUT2D eigenvalue weighted by molar-refractivity contribution is 7.11. The molecule has 0 bridgehead atoms. The zero-order chi connectivity index (χ0) is 8.27. The number of thiazole rings is 1. The molecule has 0 fully saturated rings. The summed E-state index contributed by atoms with van der Waals surface area (Å²) in [6, 6.07) is 0. The zero-order valence-corrected chi connectivity index (χ0v) is 7.22. The maximum absolute atomic E-state index is 11.1. The highest BCUT2D eigenvalue weighted by Gasteiger charge is 2.09. The maximum Gasteiger partial charge on any atom is 0.350 e. The van der Waals surface area contributed by atoms with Crippen LogP contribution in [0.2, 0.25) is 0 Å². The molecular formula is C7H9NO2S. The van der Waals surface area contributed by atoms with E-state index < -0.39 is 0 Å². The third-order valence-electron chi connectivity index (χ3n) is 0.976. The minimum absolute atomic E-state index is 0.0652. The van der Waals surface area contributed by atoms with Gasteiger partial charge in [0, 0.05) is 0 Å². The Morgan fingerprint density at radius 1 is 1.73 bits per heavy atom. The highest BCUT2D eigenvalue weighted by atomic mass is 32.1. The molecule has 60 valence electrons. The number of ether oxygens (including phenoxy) is 1. The molecule has 0 unspecified atom stereocenters. The summed E-state index contributed by atoms with van der Waals surface area (Å²) in [7, 11) is 0. The quantitative estimate of drug-likeness (QED) is 0.636. The molecule has 1 aromatic rings. The molecule has 0 saturated heterocycles. The van der Waals surface area contributed by atoms with Crippen molar-refractivity contribution >= 4 is 17.3 Å². The van der Waals surface area contributed by atoms with Gasteiger partial charge in [-0.2, -0.15) is 0 Å². The van der Waals surface area contributed by atoms with Crippen molar-refractivity contribution in [1.29, 1.82) is 0 Å². The van der Waals surface area contributed by atoms with Crippen LogP contribution in [0, 0.1) is 0 Å². The van der Waals surface area contributed by atoms with E-state index in [0.29, 0.717) is 4.88 Å². The van der Waals surface area contributed by atoms with Crippen molar-refractivity contribution < 1.29 is 9.53 Å². The van der Waals surface area contributed by atoms with Crippen LogP contribution in [0.25, 0.3) is 0 Å². The minimum Gasteiger partial charge on any atom is -0.459 e. The molecule has 0 atom stereocenters. The largest absolute Gasteiger partial charge is 0.459 e. The molecule has 0 saturated carbocycles. The SMILES string of the molecule is CC(C)OC(=O)c1cncs1. The third kappa shape index (κ3) is 2.31. The third-order valence-corrected chi connectivity index (χ3v) is 1.73. The van der Waals surface area contributed by atoms with Crippen molar-refractivity contribution in [2.45, 2.75) is 20.0 Å². The summed E-state index contributed by atoms with van der Waals surface area (Å²) in [5, 5.41) is 0. The second-order valence-corrected chi connectivity index (χ2v) is 3.21. The number of aromatic nitrogens is 1. The monoisotopic (exact) mass is 171 g/mol. The van der Waals surface area contributed by atoms with Crippen molar-refractivity contribution in [2.75, 3.05) is 0 Å². The Bertz CT molecular complexity index is 231. The summed E-state index contributed by atoms with van der Waals surface area (Å²) in [5.74, 6) is -0.289. The van der Waals surface area contributed by atoms with Crippen LogP contribution in [0.15, 0.2) is 11.7 Å². The summed E-state index contributed by atoms with van der Waals surface area (Å²) in [5.41, 5.74) is 1.61. The van der Waals surface area contributed by atoms with Crippen LogP contribution in [0.4, 0.5) is 0 Å². The van der Waals surface area contributed by atoms with Gasteiger partial charge in [-0.05, 0) is 13.8 Å². The van der Waals surface area contributed by atoms with Crippen molar-refractivity contribution in [2.24, 2.45) is 0 Å². The maximum atomic E-state index is 11.1. The van der Waals surface area contributed by atoms with E-state index >= 15 is 0 Å². The molecular weight excluding hydrogens is 162 g/mol. The molecule has 0 aliphatic heterocycles. The lowest BCUT2D eigenvalue weighted by molar-refractivity contribution is 0.0383. The van der Waals surface area contributed by atoms with Crippen LogP contribution in [0.5, 0.6) is 0 Å². The minimum atomic E-state index is -0.289. The summed E-state index contributed by atoms with van der Waals surface area (Å²) in [4.78, 5) is 15.4. The second-order valence-electron chi connectivity index (χ2n) is 2.32. The van der Waals surface area contributed by atoms with E-state index in [4.69, 9.17) is 4.74 Å². The first-order valence-corrected chi connectivity index (χ1v) is 4.17. The Labute approximate surface area is 69.0 Å². The van der Waals surface area contributed by atoms with Gasteiger partial charge in [0.15, 0.2) is 0 Å². The lowest BCUT2D eigenvalue weighted by Gasteiger charge is -2.04. The molecule has 0 N–H and O–H groups in total. The molecule has 1 heterocycles. The van der Waals surface area contributed by atoms with Gasteiger partial charge in [-0.15, -0.1) is 11.3 Å².